The number of ether oxygens (including phenoxy) is 2. The third-order valence-corrected chi connectivity index (χ3v) is 2.62. The summed E-state index contributed by atoms with van der Waals surface area (Å²) in [5, 5.41) is 1.98. The van der Waals surface area contributed by atoms with Crippen LogP contribution in [0.1, 0.15) is 12.8 Å². The Labute approximate surface area is 99.0 Å². The fraction of sp³-hybridized carbons (Fsp3) is 0.545. The minimum absolute atomic E-state index is 0.182. The zero-order valence-corrected chi connectivity index (χ0v) is 9.60. The van der Waals surface area contributed by atoms with E-state index >= 15 is 0 Å². The van der Waals surface area contributed by atoms with Crippen molar-refractivity contribution in [2.75, 3.05) is 13.7 Å². The van der Waals surface area contributed by atoms with Gasteiger partial charge in [-0.1, -0.05) is 6.08 Å². The van der Waals surface area contributed by atoms with Crippen LogP contribution in [0.5, 0.6) is 0 Å². The average molecular weight is 241 g/mol. The van der Waals surface area contributed by atoms with Gasteiger partial charge in [0, 0.05) is 0 Å². The fourth-order valence-corrected chi connectivity index (χ4v) is 1.78. The van der Waals surface area contributed by atoms with Crippen molar-refractivity contribution < 1.29 is 23.9 Å². The molecular formula is C11H15NO5. The van der Waals surface area contributed by atoms with E-state index in [2.05, 4.69) is 11.3 Å². The minimum Gasteiger partial charge on any atom is -0.465 e. The second kappa shape index (κ2) is 6.03. The maximum Gasteiger partial charge on any atom is 0.413 e. The van der Waals surface area contributed by atoms with Gasteiger partial charge in [-0.15, -0.1) is 6.58 Å². The number of allylic oxidation sites excluding steroid dienone is 1. The summed E-state index contributed by atoms with van der Waals surface area (Å²) >= 11 is 0. The van der Waals surface area contributed by atoms with E-state index in [9.17, 15) is 14.4 Å². The van der Waals surface area contributed by atoms with E-state index in [0.717, 1.165) is 7.11 Å². The molecule has 1 N–H and O–H groups in total. The first-order chi connectivity index (χ1) is 8.10. The lowest BCUT2D eigenvalue weighted by Gasteiger charge is -2.27. The summed E-state index contributed by atoms with van der Waals surface area (Å²) in [6, 6.07) is 0. The van der Waals surface area contributed by atoms with Gasteiger partial charge >= 0.3 is 12.1 Å². The summed E-state index contributed by atoms with van der Waals surface area (Å²) in [5.74, 6) is -2.45. The summed E-state index contributed by atoms with van der Waals surface area (Å²) < 4.78 is 9.12. The Morgan fingerprint density at radius 1 is 1.65 bits per heavy atom. The number of carbonyl (C=O) groups is 3. The van der Waals surface area contributed by atoms with E-state index in [-0.39, 0.29) is 5.92 Å². The Balaban J connectivity index is 2.73. The first-order valence-corrected chi connectivity index (χ1v) is 5.26. The van der Waals surface area contributed by atoms with Gasteiger partial charge in [0.1, 0.15) is 5.92 Å². The summed E-state index contributed by atoms with van der Waals surface area (Å²) in [4.78, 5) is 34.1. The van der Waals surface area contributed by atoms with E-state index in [4.69, 9.17) is 4.74 Å². The molecule has 0 aromatic heterocycles. The largest absolute Gasteiger partial charge is 0.465 e. The Kier molecular flexibility index (Phi) is 4.68. The molecule has 6 heteroatoms. The molecule has 0 saturated carbocycles. The van der Waals surface area contributed by atoms with Crippen LogP contribution in [-0.4, -0.2) is 31.7 Å². The van der Waals surface area contributed by atoms with E-state index in [0.29, 0.717) is 19.4 Å². The maximum absolute atomic E-state index is 11.7. The number of methoxy groups -OCH3 is 1. The minimum atomic E-state index is -0.971. The van der Waals surface area contributed by atoms with Crippen LogP contribution in [0.15, 0.2) is 12.7 Å². The van der Waals surface area contributed by atoms with Crippen LogP contribution in [0.4, 0.5) is 4.79 Å². The lowest BCUT2D eigenvalue weighted by Crippen LogP contribution is -2.45. The third-order valence-electron chi connectivity index (χ3n) is 2.62. The van der Waals surface area contributed by atoms with Gasteiger partial charge in [-0.3, -0.25) is 14.9 Å². The molecule has 94 valence electrons. The number of imide groups is 1. The number of rotatable bonds is 3. The summed E-state index contributed by atoms with van der Waals surface area (Å²) in [6.07, 6.45) is 1.86. The second-order valence-electron chi connectivity index (χ2n) is 3.70. The Bertz CT molecular complexity index is 339. The van der Waals surface area contributed by atoms with Crippen molar-refractivity contribution >= 4 is 18.0 Å². The zero-order chi connectivity index (χ0) is 12.8. The molecule has 1 heterocycles. The van der Waals surface area contributed by atoms with Gasteiger partial charge in [0.15, 0.2) is 0 Å². The second-order valence-corrected chi connectivity index (χ2v) is 3.70. The zero-order valence-electron chi connectivity index (χ0n) is 9.60. The predicted molar refractivity (Wildman–Crippen MR) is 57.9 cm³/mol. The first-order valence-electron chi connectivity index (χ1n) is 5.26. The molecule has 2 atom stereocenters. The molecule has 1 saturated heterocycles. The van der Waals surface area contributed by atoms with Crippen molar-refractivity contribution in [2.24, 2.45) is 11.8 Å². The van der Waals surface area contributed by atoms with Crippen molar-refractivity contribution in [3.05, 3.63) is 12.7 Å². The molecule has 6 nitrogen and oxygen atoms in total. The Morgan fingerprint density at radius 3 is 2.94 bits per heavy atom. The van der Waals surface area contributed by atoms with Gasteiger partial charge in [-0.2, -0.15) is 0 Å². The standard InChI is InChI=1S/C11H15NO5/c1-3-4-7-5-6-17-10(14)8(7)9(13)12-11(15)16-2/h3,7-8H,1,4-6H2,2H3,(H,12,13,15)/t7-,8?/m0/s1. The molecule has 17 heavy (non-hydrogen) atoms. The summed E-state index contributed by atoms with van der Waals surface area (Å²) in [6.45, 7) is 3.87. The van der Waals surface area contributed by atoms with Gasteiger partial charge in [-0.05, 0) is 18.8 Å². The Hall–Kier alpha value is -1.85. The fourth-order valence-electron chi connectivity index (χ4n) is 1.78. The molecule has 1 fully saturated rings. The summed E-state index contributed by atoms with van der Waals surface area (Å²) in [7, 11) is 1.14. The van der Waals surface area contributed by atoms with Crippen molar-refractivity contribution in [1.82, 2.24) is 5.32 Å². The first kappa shape index (κ1) is 13.2. The topological polar surface area (TPSA) is 81.7 Å². The number of amides is 2. The molecular weight excluding hydrogens is 226 g/mol. The van der Waals surface area contributed by atoms with Gasteiger partial charge in [-0.25, -0.2) is 4.79 Å². The van der Waals surface area contributed by atoms with Crippen LogP contribution in [0.3, 0.4) is 0 Å². The number of cyclic esters (lactones) is 1. The molecule has 2 amide bonds. The van der Waals surface area contributed by atoms with Crippen LogP contribution >= 0.6 is 0 Å². The Morgan fingerprint density at radius 2 is 2.35 bits per heavy atom. The van der Waals surface area contributed by atoms with Crippen LogP contribution < -0.4 is 5.32 Å². The monoisotopic (exact) mass is 241 g/mol. The van der Waals surface area contributed by atoms with Crippen molar-refractivity contribution in [3.8, 4) is 0 Å². The highest BCUT2D eigenvalue weighted by Crippen LogP contribution is 2.26. The van der Waals surface area contributed by atoms with Crippen LogP contribution in [-0.2, 0) is 19.1 Å². The molecule has 1 aliphatic rings. The quantitative estimate of drug-likeness (QED) is 0.445. The number of hydrogen-bond donors (Lipinski definition) is 1. The molecule has 0 bridgehead atoms. The molecule has 0 radical (unpaired) electrons. The summed E-state index contributed by atoms with van der Waals surface area (Å²) in [5.41, 5.74) is 0. The van der Waals surface area contributed by atoms with Crippen LogP contribution in [0, 0.1) is 11.8 Å². The number of esters is 1. The van der Waals surface area contributed by atoms with E-state index in [1.807, 2.05) is 5.32 Å². The predicted octanol–water partition coefficient (Wildman–Crippen LogP) is 0.624. The van der Waals surface area contributed by atoms with Crippen molar-refractivity contribution in [2.45, 2.75) is 12.8 Å². The van der Waals surface area contributed by atoms with Gasteiger partial charge < -0.3 is 9.47 Å². The van der Waals surface area contributed by atoms with Crippen molar-refractivity contribution in [1.29, 1.82) is 0 Å². The molecule has 1 unspecified atom stereocenters. The smallest absolute Gasteiger partial charge is 0.413 e. The van der Waals surface area contributed by atoms with Crippen molar-refractivity contribution in [3.63, 3.8) is 0 Å². The van der Waals surface area contributed by atoms with Gasteiger partial charge in [0.25, 0.3) is 0 Å². The molecule has 0 spiro atoms. The highest BCUT2D eigenvalue weighted by molar-refractivity contribution is 6.04. The van der Waals surface area contributed by atoms with E-state index in [1.54, 1.807) is 6.08 Å². The highest BCUT2D eigenvalue weighted by Gasteiger charge is 2.39. The van der Waals surface area contributed by atoms with Crippen LogP contribution in [0.25, 0.3) is 0 Å². The molecule has 0 aromatic rings. The number of hydrogen-bond acceptors (Lipinski definition) is 5. The molecule has 0 aromatic carbocycles. The maximum atomic E-state index is 11.7. The number of carbonyl (C=O) groups excluding carboxylic acids is 3. The third kappa shape index (κ3) is 3.30. The number of nitrogens with one attached hydrogen (secondary N) is 1. The molecule has 0 aliphatic carbocycles. The molecule has 1 rings (SSSR count). The van der Waals surface area contributed by atoms with E-state index in [1.165, 1.54) is 0 Å². The lowest BCUT2D eigenvalue weighted by molar-refractivity contribution is -0.160. The normalized spacial score (nSPS) is 23.5. The van der Waals surface area contributed by atoms with Crippen LogP contribution in [0.2, 0.25) is 0 Å². The SMILES string of the molecule is C=CC[C@H]1CCOC(=O)C1C(=O)NC(=O)OC. The lowest BCUT2D eigenvalue weighted by atomic mass is 9.84. The van der Waals surface area contributed by atoms with Gasteiger partial charge in [0.2, 0.25) is 5.91 Å². The number of alkyl carbamates (subject to hydrolysis) is 1. The highest BCUT2D eigenvalue weighted by atomic mass is 16.5. The average Bonchev–Trinajstić information content (AvgIpc) is 2.29. The van der Waals surface area contributed by atoms with E-state index < -0.39 is 23.9 Å². The van der Waals surface area contributed by atoms with Gasteiger partial charge in [0.05, 0.1) is 13.7 Å². The molecule has 1 aliphatic heterocycles.